The smallest absolute Gasteiger partial charge is 0.327 e. The summed E-state index contributed by atoms with van der Waals surface area (Å²) in [5, 5.41) is -0.0677. The Morgan fingerprint density at radius 2 is 2.20 bits per heavy atom. The minimum Gasteiger partial charge on any atom is -0.468 e. The molecule has 0 aliphatic carbocycles. The number of nitrogens with two attached hydrogens (primary N) is 1. The highest BCUT2D eigenvalue weighted by Gasteiger charge is 2.20. The van der Waals surface area contributed by atoms with Crippen LogP contribution in [-0.2, 0) is 9.53 Å². The van der Waals surface area contributed by atoms with E-state index in [9.17, 15) is 9.18 Å². The van der Waals surface area contributed by atoms with Crippen LogP contribution in [-0.4, -0.2) is 13.1 Å². The van der Waals surface area contributed by atoms with Gasteiger partial charge in [-0.3, -0.25) is 4.79 Å². The Bertz CT molecular complexity index is 360. The van der Waals surface area contributed by atoms with Crippen molar-refractivity contribution in [2.75, 3.05) is 7.11 Å². The number of hydrogen-bond acceptors (Lipinski definition) is 3. The average molecular weight is 254 g/mol. The molecule has 0 bridgehead atoms. The van der Waals surface area contributed by atoms with Crippen LogP contribution in [0.1, 0.15) is 11.6 Å². The van der Waals surface area contributed by atoms with E-state index in [0.29, 0.717) is 0 Å². The van der Waals surface area contributed by atoms with Gasteiger partial charge >= 0.3 is 5.97 Å². The van der Waals surface area contributed by atoms with Crippen molar-refractivity contribution in [3.05, 3.63) is 34.6 Å². The molecule has 1 aromatic rings. The highest BCUT2D eigenvalue weighted by Crippen LogP contribution is 2.22. The summed E-state index contributed by atoms with van der Waals surface area (Å²) in [5.41, 5.74) is 5.48. The van der Waals surface area contributed by atoms with E-state index in [1.807, 2.05) is 0 Å². The Labute approximate surface area is 97.8 Å². The van der Waals surface area contributed by atoms with E-state index in [0.717, 1.165) is 0 Å². The van der Waals surface area contributed by atoms with Crippen LogP contribution < -0.4 is 5.73 Å². The molecule has 6 heteroatoms. The van der Waals surface area contributed by atoms with Gasteiger partial charge in [-0.15, -0.1) is 12.4 Å². The van der Waals surface area contributed by atoms with Crippen LogP contribution in [0.2, 0.25) is 5.02 Å². The SMILES string of the molecule is COC(=O)[C@@H](N)c1cccc(Cl)c1F.Cl. The standard InChI is InChI=1S/C9H9ClFNO2.ClH/c1-14-9(13)8(12)5-3-2-4-6(10)7(5)11;/h2-4,8H,12H2,1H3;1H/t8-;/m0./s1. The van der Waals surface area contributed by atoms with Crippen LogP contribution in [0.25, 0.3) is 0 Å². The summed E-state index contributed by atoms with van der Waals surface area (Å²) in [4.78, 5) is 11.0. The lowest BCUT2D eigenvalue weighted by atomic mass is 10.1. The molecule has 15 heavy (non-hydrogen) atoms. The van der Waals surface area contributed by atoms with Crippen LogP contribution in [0.4, 0.5) is 4.39 Å². The predicted octanol–water partition coefficient (Wildman–Crippen LogP) is 2.07. The van der Waals surface area contributed by atoms with Crippen LogP contribution in [0.15, 0.2) is 18.2 Å². The number of carbonyl (C=O) groups excluding carboxylic acids is 1. The fourth-order valence-corrected chi connectivity index (χ4v) is 1.20. The zero-order chi connectivity index (χ0) is 10.7. The van der Waals surface area contributed by atoms with E-state index in [-0.39, 0.29) is 23.0 Å². The Kier molecular flexibility index (Phi) is 5.57. The molecule has 0 aliphatic rings. The molecule has 1 atom stereocenters. The third kappa shape index (κ3) is 3.06. The van der Waals surface area contributed by atoms with Crippen molar-refractivity contribution in [1.29, 1.82) is 0 Å². The summed E-state index contributed by atoms with van der Waals surface area (Å²) in [7, 11) is 1.19. The van der Waals surface area contributed by atoms with Gasteiger partial charge in [0, 0.05) is 5.56 Å². The summed E-state index contributed by atoms with van der Waals surface area (Å²) >= 11 is 5.52. The second kappa shape index (κ2) is 5.90. The molecule has 0 fully saturated rings. The van der Waals surface area contributed by atoms with Gasteiger partial charge in [-0.05, 0) is 6.07 Å². The van der Waals surface area contributed by atoms with Gasteiger partial charge in [0.2, 0.25) is 0 Å². The van der Waals surface area contributed by atoms with Gasteiger partial charge in [-0.2, -0.15) is 0 Å². The first-order valence-electron chi connectivity index (χ1n) is 3.85. The molecular formula is C9H10Cl2FNO2. The monoisotopic (exact) mass is 253 g/mol. The predicted molar refractivity (Wildman–Crippen MR) is 57.6 cm³/mol. The molecule has 0 saturated heterocycles. The van der Waals surface area contributed by atoms with Crippen LogP contribution in [0.5, 0.6) is 0 Å². The van der Waals surface area contributed by atoms with E-state index in [4.69, 9.17) is 17.3 Å². The van der Waals surface area contributed by atoms with Crippen molar-refractivity contribution in [3.63, 3.8) is 0 Å². The van der Waals surface area contributed by atoms with Crippen LogP contribution in [0, 0.1) is 5.82 Å². The zero-order valence-electron chi connectivity index (χ0n) is 7.87. The third-order valence-corrected chi connectivity index (χ3v) is 2.06. The van der Waals surface area contributed by atoms with Crippen molar-refractivity contribution in [1.82, 2.24) is 0 Å². The van der Waals surface area contributed by atoms with Gasteiger partial charge in [-0.25, -0.2) is 4.39 Å². The van der Waals surface area contributed by atoms with Gasteiger partial charge in [0.25, 0.3) is 0 Å². The summed E-state index contributed by atoms with van der Waals surface area (Å²) in [6.07, 6.45) is 0. The molecule has 1 rings (SSSR count). The Morgan fingerprint density at radius 1 is 1.60 bits per heavy atom. The minimum absolute atomic E-state index is 0. The topological polar surface area (TPSA) is 52.3 Å². The lowest BCUT2D eigenvalue weighted by Gasteiger charge is -2.10. The van der Waals surface area contributed by atoms with Crippen LogP contribution in [0.3, 0.4) is 0 Å². The van der Waals surface area contributed by atoms with Crippen LogP contribution >= 0.6 is 24.0 Å². The Balaban J connectivity index is 0.00000196. The zero-order valence-corrected chi connectivity index (χ0v) is 9.44. The molecule has 0 spiro atoms. The molecule has 1 aromatic carbocycles. The number of carbonyl (C=O) groups is 1. The second-order valence-electron chi connectivity index (χ2n) is 2.64. The third-order valence-electron chi connectivity index (χ3n) is 1.77. The molecule has 84 valence electrons. The molecular weight excluding hydrogens is 244 g/mol. The van der Waals surface area contributed by atoms with Gasteiger partial charge in [-0.1, -0.05) is 23.7 Å². The van der Waals surface area contributed by atoms with Gasteiger partial charge in [0.15, 0.2) is 0 Å². The largest absolute Gasteiger partial charge is 0.468 e. The molecule has 0 aromatic heterocycles. The number of halogens is 3. The van der Waals surface area contributed by atoms with E-state index < -0.39 is 17.8 Å². The lowest BCUT2D eigenvalue weighted by Crippen LogP contribution is -2.23. The number of hydrogen-bond donors (Lipinski definition) is 1. The van der Waals surface area contributed by atoms with Gasteiger partial charge < -0.3 is 10.5 Å². The molecule has 0 heterocycles. The summed E-state index contributed by atoms with van der Waals surface area (Å²) < 4.78 is 17.7. The molecule has 0 aliphatic heterocycles. The number of benzene rings is 1. The normalized spacial score (nSPS) is 11.5. The first-order chi connectivity index (χ1) is 6.57. The molecule has 0 radical (unpaired) electrons. The first-order valence-corrected chi connectivity index (χ1v) is 4.23. The molecule has 0 saturated carbocycles. The van der Waals surface area contributed by atoms with E-state index in [1.165, 1.54) is 25.3 Å². The maximum absolute atomic E-state index is 13.3. The van der Waals surface area contributed by atoms with Crippen molar-refractivity contribution >= 4 is 30.0 Å². The molecule has 3 nitrogen and oxygen atoms in total. The highest BCUT2D eigenvalue weighted by atomic mass is 35.5. The molecule has 0 unspecified atom stereocenters. The minimum atomic E-state index is -1.14. The lowest BCUT2D eigenvalue weighted by molar-refractivity contribution is -0.142. The summed E-state index contributed by atoms with van der Waals surface area (Å²) in [5.74, 6) is -1.39. The van der Waals surface area contributed by atoms with E-state index >= 15 is 0 Å². The maximum atomic E-state index is 13.3. The van der Waals surface area contributed by atoms with Crippen molar-refractivity contribution in [2.24, 2.45) is 5.73 Å². The Hall–Kier alpha value is -0.840. The molecule has 0 amide bonds. The van der Waals surface area contributed by atoms with Crippen molar-refractivity contribution in [2.45, 2.75) is 6.04 Å². The fourth-order valence-electron chi connectivity index (χ4n) is 1.01. The number of rotatable bonds is 2. The van der Waals surface area contributed by atoms with E-state index in [1.54, 1.807) is 0 Å². The second-order valence-corrected chi connectivity index (χ2v) is 3.05. The van der Waals surface area contributed by atoms with Gasteiger partial charge in [0.1, 0.15) is 11.9 Å². The quantitative estimate of drug-likeness (QED) is 0.822. The fraction of sp³-hybridized carbons (Fsp3) is 0.222. The number of esters is 1. The summed E-state index contributed by atoms with van der Waals surface area (Å²) in [6, 6.07) is 3.15. The Morgan fingerprint density at radius 3 is 2.73 bits per heavy atom. The number of ether oxygens (including phenoxy) is 1. The number of methoxy groups -OCH3 is 1. The molecule has 2 N–H and O–H groups in total. The van der Waals surface area contributed by atoms with E-state index in [2.05, 4.69) is 4.74 Å². The van der Waals surface area contributed by atoms with Crippen molar-refractivity contribution < 1.29 is 13.9 Å². The van der Waals surface area contributed by atoms with Gasteiger partial charge in [0.05, 0.1) is 12.1 Å². The maximum Gasteiger partial charge on any atom is 0.327 e. The summed E-state index contributed by atoms with van der Waals surface area (Å²) in [6.45, 7) is 0. The first kappa shape index (κ1) is 14.2. The highest BCUT2D eigenvalue weighted by molar-refractivity contribution is 6.30. The average Bonchev–Trinajstić information content (AvgIpc) is 2.20. The van der Waals surface area contributed by atoms with Crippen molar-refractivity contribution in [3.8, 4) is 0 Å².